The zero-order valence-corrected chi connectivity index (χ0v) is 9.37. The molecule has 5 heteroatoms. The number of rotatable bonds is 2. The first kappa shape index (κ1) is 12.3. The van der Waals surface area contributed by atoms with Crippen molar-refractivity contribution in [1.29, 1.82) is 0 Å². The molecule has 1 heterocycles. The molecule has 0 saturated heterocycles. The maximum Gasteiger partial charge on any atom is 0.337 e. The van der Waals surface area contributed by atoms with Gasteiger partial charge in [-0.25, -0.2) is 9.78 Å². The van der Waals surface area contributed by atoms with Crippen molar-refractivity contribution < 1.29 is 14.7 Å². The van der Waals surface area contributed by atoms with Gasteiger partial charge in [0.1, 0.15) is 5.69 Å². The smallest absolute Gasteiger partial charge is 0.337 e. The first-order valence-electron chi connectivity index (χ1n) is 4.41. The van der Waals surface area contributed by atoms with Gasteiger partial charge >= 0.3 is 5.97 Å². The highest BCUT2D eigenvalue weighted by molar-refractivity contribution is 8.13. The molecule has 0 radical (unpaired) electrons. The molecular weight excluding hydrogens is 226 g/mol. The fourth-order valence-electron chi connectivity index (χ4n) is 0.859. The molecule has 0 aliphatic carbocycles. The van der Waals surface area contributed by atoms with E-state index in [-0.39, 0.29) is 10.7 Å². The van der Waals surface area contributed by atoms with Gasteiger partial charge in [-0.05, 0) is 18.1 Å². The van der Waals surface area contributed by atoms with Crippen LogP contribution < -0.4 is 0 Å². The lowest BCUT2D eigenvalue weighted by molar-refractivity contribution is -0.109. The molecule has 0 atom stereocenters. The van der Waals surface area contributed by atoms with E-state index in [2.05, 4.69) is 16.8 Å². The maximum absolute atomic E-state index is 10.6. The number of carboxylic acids is 1. The highest BCUT2D eigenvalue weighted by Crippen LogP contribution is 2.00. The van der Waals surface area contributed by atoms with Crippen LogP contribution in [-0.2, 0) is 4.79 Å². The maximum atomic E-state index is 10.6. The molecule has 1 N–H and O–H groups in total. The summed E-state index contributed by atoms with van der Waals surface area (Å²) in [6.45, 7) is 1.48. The van der Waals surface area contributed by atoms with Crippen LogP contribution in [0.1, 0.15) is 23.0 Å². The van der Waals surface area contributed by atoms with Gasteiger partial charge in [0.25, 0.3) is 0 Å². The van der Waals surface area contributed by atoms with Crippen molar-refractivity contribution in [2.24, 2.45) is 0 Å². The van der Waals surface area contributed by atoms with Crippen molar-refractivity contribution in [3.05, 3.63) is 29.6 Å². The molecule has 16 heavy (non-hydrogen) atoms. The Morgan fingerprint density at radius 1 is 1.50 bits per heavy atom. The van der Waals surface area contributed by atoms with Gasteiger partial charge in [0.2, 0.25) is 0 Å². The quantitative estimate of drug-likeness (QED) is 0.785. The second-order valence-corrected chi connectivity index (χ2v) is 3.97. The Hall–Kier alpha value is -1.80. The van der Waals surface area contributed by atoms with Crippen LogP contribution >= 0.6 is 11.8 Å². The first-order valence-corrected chi connectivity index (χ1v) is 5.39. The second kappa shape index (κ2) is 5.93. The predicted octanol–water partition coefficient (Wildman–Crippen LogP) is 1.41. The summed E-state index contributed by atoms with van der Waals surface area (Å²) < 4.78 is 0. The van der Waals surface area contributed by atoms with Gasteiger partial charge in [0, 0.05) is 13.1 Å². The summed E-state index contributed by atoms with van der Waals surface area (Å²) >= 11 is 1.12. The number of carbonyl (C=O) groups excluding carboxylic acids is 1. The van der Waals surface area contributed by atoms with Crippen molar-refractivity contribution in [3.63, 3.8) is 0 Å². The molecule has 0 aromatic carbocycles. The molecule has 1 aromatic rings. The third-order valence-corrected chi connectivity index (χ3v) is 2.27. The third kappa shape index (κ3) is 4.15. The average molecular weight is 235 g/mol. The number of carboxylic acid groups (broad SMARTS) is 1. The largest absolute Gasteiger partial charge is 0.478 e. The van der Waals surface area contributed by atoms with E-state index in [0.717, 1.165) is 11.8 Å². The molecule has 0 spiro atoms. The van der Waals surface area contributed by atoms with Crippen LogP contribution in [-0.4, -0.2) is 26.9 Å². The average Bonchev–Trinajstić information content (AvgIpc) is 2.25. The van der Waals surface area contributed by atoms with Crippen LogP contribution in [0.2, 0.25) is 0 Å². The van der Waals surface area contributed by atoms with Crippen LogP contribution in [0, 0.1) is 11.8 Å². The minimum atomic E-state index is -1.01. The summed E-state index contributed by atoms with van der Waals surface area (Å²) in [6.07, 6.45) is 1.25. The molecule has 0 amide bonds. The molecule has 0 saturated carbocycles. The summed E-state index contributed by atoms with van der Waals surface area (Å²) in [7, 11) is 0. The Morgan fingerprint density at radius 2 is 2.25 bits per heavy atom. The number of carbonyl (C=O) groups is 2. The van der Waals surface area contributed by atoms with Crippen molar-refractivity contribution in [3.8, 4) is 11.8 Å². The van der Waals surface area contributed by atoms with Gasteiger partial charge in [0.15, 0.2) is 5.12 Å². The van der Waals surface area contributed by atoms with E-state index < -0.39 is 5.97 Å². The lowest BCUT2D eigenvalue weighted by Gasteiger charge is -1.92. The number of thioether (sulfide) groups is 1. The van der Waals surface area contributed by atoms with Crippen molar-refractivity contribution in [2.45, 2.75) is 6.92 Å². The van der Waals surface area contributed by atoms with Crippen LogP contribution in [0.15, 0.2) is 18.3 Å². The van der Waals surface area contributed by atoms with Crippen molar-refractivity contribution >= 4 is 22.8 Å². The standard InChI is InChI=1S/C11H9NO3S/c1-8(13)16-6-2-3-10-5-4-9(7-12-10)11(14)15/h4-5,7H,6H2,1H3,(H,14,15). The Labute approximate surface area is 97.1 Å². The summed E-state index contributed by atoms with van der Waals surface area (Å²) in [5, 5.41) is 8.65. The molecule has 1 aromatic heterocycles. The molecule has 4 nitrogen and oxygen atoms in total. The van der Waals surface area contributed by atoms with Gasteiger partial charge in [-0.1, -0.05) is 17.7 Å². The van der Waals surface area contributed by atoms with Crippen LogP contribution in [0.3, 0.4) is 0 Å². The number of hydrogen-bond acceptors (Lipinski definition) is 4. The van der Waals surface area contributed by atoms with Crippen molar-refractivity contribution in [1.82, 2.24) is 4.98 Å². The number of aromatic nitrogens is 1. The van der Waals surface area contributed by atoms with E-state index in [1.807, 2.05) is 0 Å². The second-order valence-electron chi connectivity index (χ2n) is 2.82. The number of aromatic carboxylic acids is 1. The monoisotopic (exact) mass is 235 g/mol. The predicted molar refractivity (Wildman–Crippen MR) is 61.2 cm³/mol. The van der Waals surface area contributed by atoms with E-state index in [1.165, 1.54) is 25.3 Å². The SMILES string of the molecule is CC(=O)SCC#Cc1ccc(C(=O)O)cn1. The zero-order chi connectivity index (χ0) is 12.0. The van der Waals surface area contributed by atoms with E-state index in [9.17, 15) is 9.59 Å². The Kier molecular flexibility index (Phi) is 4.55. The molecule has 1 rings (SSSR count). The van der Waals surface area contributed by atoms with Crippen LogP contribution in [0.5, 0.6) is 0 Å². The van der Waals surface area contributed by atoms with E-state index in [0.29, 0.717) is 11.4 Å². The molecule has 0 aliphatic heterocycles. The lowest BCUT2D eigenvalue weighted by atomic mass is 10.2. The number of hydrogen-bond donors (Lipinski definition) is 1. The molecular formula is C11H9NO3S. The van der Waals surface area contributed by atoms with Crippen molar-refractivity contribution in [2.75, 3.05) is 5.75 Å². The minimum Gasteiger partial charge on any atom is -0.478 e. The topological polar surface area (TPSA) is 67.3 Å². The molecule has 82 valence electrons. The van der Waals surface area contributed by atoms with Gasteiger partial charge in [-0.2, -0.15) is 0 Å². The number of pyridine rings is 1. The summed E-state index contributed by atoms with van der Waals surface area (Å²) in [6, 6.07) is 2.98. The first-order chi connectivity index (χ1) is 7.59. The van der Waals surface area contributed by atoms with Crippen LogP contribution in [0.4, 0.5) is 0 Å². The lowest BCUT2D eigenvalue weighted by Crippen LogP contribution is -1.97. The van der Waals surface area contributed by atoms with E-state index >= 15 is 0 Å². The Bertz CT molecular complexity index is 456. The fourth-order valence-corrected chi connectivity index (χ4v) is 1.21. The van der Waals surface area contributed by atoms with Gasteiger partial charge in [-0.3, -0.25) is 4.79 Å². The molecule has 0 aliphatic rings. The van der Waals surface area contributed by atoms with E-state index in [4.69, 9.17) is 5.11 Å². The number of nitrogens with zero attached hydrogens (tertiary/aromatic N) is 1. The Balaban J connectivity index is 2.61. The Morgan fingerprint density at radius 3 is 2.75 bits per heavy atom. The molecule has 0 bridgehead atoms. The molecule has 0 unspecified atom stereocenters. The summed E-state index contributed by atoms with van der Waals surface area (Å²) in [5.74, 6) is 4.90. The minimum absolute atomic E-state index is 0.0171. The summed E-state index contributed by atoms with van der Waals surface area (Å²) in [5.41, 5.74) is 0.623. The highest BCUT2D eigenvalue weighted by atomic mass is 32.2. The van der Waals surface area contributed by atoms with Gasteiger partial charge in [-0.15, -0.1) is 0 Å². The normalized spacial score (nSPS) is 9.06. The van der Waals surface area contributed by atoms with Gasteiger partial charge in [0.05, 0.1) is 11.3 Å². The third-order valence-electron chi connectivity index (χ3n) is 1.57. The molecule has 0 fully saturated rings. The highest BCUT2D eigenvalue weighted by Gasteiger charge is 2.00. The summed E-state index contributed by atoms with van der Waals surface area (Å²) in [4.78, 5) is 25.0. The zero-order valence-electron chi connectivity index (χ0n) is 8.56. The van der Waals surface area contributed by atoms with E-state index in [1.54, 1.807) is 0 Å². The van der Waals surface area contributed by atoms with Crippen LogP contribution in [0.25, 0.3) is 0 Å². The van der Waals surface area contributed by atoms with Gasteiger partial charge < -0.3 is 5.11 Å². The fraction of sp³-hybridized carbons (Fsp3) is 0.182.